The van der Waals surface area contributed by atoms with Crippen LogP contribution in [0.4, 0.5) is 0 Å². The van der Waals surface area contributed by atoms with Crippen molar-refractivity contribution in [2.24, 2.45) is 11.5 Å². The third kappa shape index (κ3) is 15.1. The molecule has 6 amide bonds. The van der Waals surface area contributed by atoms with Gasteiger partial charge in [0.2, 0.25) is 35.4 Å². The number of aliphatic carboxylic acids is 2. The van der Waals surface area contributed by atoms with E-state index in [2.05, 4.69) is 26.6 Å². The van der Waals surface area contributed by atoms with E-state index in [0.717, 1.165) is 0 Å². The molecule has 0 fully saturated rings. The fourth-order valence-electron chi connectivity index (χ4n) is 4.82. The van der Waals surface area contributed by atoms with Crippen molar-refractivity contribution in [1.29, 1.82) is 0 Å². The lowest BCUT2D eigenvalue weighted by Crippen LogP contribution is -2.60. The van der Waals surface area contributed by atoms with Crippen LogP contribution in [0.3, 0.4) is 0 Å². The van der Waals surface area contributed by atoms with Crippen molar-refractivity contribution >= 4 is 47.4 Å². The van der Waals surface area contributed by atoms with E-state index in [-0.39, 0.29) is 24.3 Å². The second-order valence-corrected chi connectivity index (χ2v) is 12.3. The number of carboxylic acid groups (broad SMARTS) is 2. The van der Waals surface area contributed by atoms with Gasteiger partial charge in [0.05, 0.1) is 6.61 Å². The van der Waals surface area contributed by atoms with Crippen molar-refractivity contribution < 1.29 is 63.9 Å². The Morgan fingerprint density at radius 1 is 0.593 bits per heavy atom. The van der Waals surface area contributed by atoms with E-state index in [1.165, 1.54) is 55.5 Å². The third-order valence-corrected chi connectivity index (χ3v) is 7.88. The number of aromatic hydroxyl groups is 2. The molecule has 14 N–H and O–H groups in total. The molecule has 0 spiro atoms. The predicted octanol–water partition coefficient (Wildman–Crippen LogP) is -3.14. The molecule has 0 aliphatic carbocycles. The lowest BCUT2D eigenvalue weighted by Gasteiger charge is -2.27. The summed E-state index contributed by atoms with van der Waals surface area (Å²) in [6, 6.07) is 2.24. The van der Waals surface area contributed by atoms with Crippen molar-refractivity contribution in [3.05, 3.63) is 59.7 Å². The van der Waals surface area contributed by atoms with Crippen LogP contribution in [0.25, 0.3) is 0 Å². The second kappa shape index (κ2) is 21.3. The van der Waals surface area contributed by atoms with Gasteiger partial charge in [-0.1, -0.05) is 24.3 Å². The first-order valence-corrected chi connectivity index (χ1v) is 16.6. The Labute approximate surface area is 308 Å². The maximum absolute atomic E-state index is 13.9. The summed E-state index contributed by atoms with van der Waals surface area (Å²) in [4.78, 5) is 101. The number of primary amides is 1. The Kier molecular flexibility index (Phi) is 17.3. The fraction of sp³-hybridized carbons (Fsp3) is 0.412. The number of carbonyl (C=O) groups excluding carboxylic acids is 6. The summed E-state index contributed by atoms with van der Waals surface area (Å²) < 4.78 is 0. The zero-order valence-corrected chi connectivity index (χ0v) is 29.2. The van der Waals surface area contributed by atoms with E-state index in [1.54, 1.807) is 0 Å². The molecule has 20 nitrogen and oxygen atoms in total. The van der Waals surface area contributed by atoms with Gasteiger partial charge in [-0.05, 0) is 55.2 Å². The van der Waals surface area contributed by atoms with Gasteiger partial charge in [-0.15, -0.1) is 0 Å². The number of benzene rings is 2. The summed E-state index contributed by atoms with van der Waals surface area (Å²) in [5.41, 5.74) is 11.4. The van der Waals surface area contributed by atoms with E-state index in [4.69, 9.17) is 16.6 Å². The molecular formula is C34H45N7O13. The minimum Gasteiger partial charge on any atom is -0.508 e. The molecule has 20 heteroatoms. The molecule has 6 unspecified atom stereocenters. The largest absolute Gasteiger partial charge is 0.508 e. The number of phenols is 2. The fourth-order valence-corrected chi connectivity index (χ4v) is 4.82. The maximum Gasteiger partial charge on any atom is 0.326 e. The minimum absolute atomic E-state index is 0.0880. The van der Waals surface area contributed by atoms with Crippen molar-refractivity contribution in [1.82, 2.24) is 26.6 Å². The average Bonchev–Trinajstić information content (AvgIpc) is 3.11. The zero-order valence-electron chi connectivity index (χ0n) is 29.2. The van der Waals surface area contributed by atoms with Crippen LogP contribution in [0, 0.1) is 0 Å². The highest BCUT2D eigenvalue weighted by atomic mass is 16.4. The Morgan fingerprint density at radius 2 is 1.00 bits per heavy atom. The summed E-state index contributed by atoms with van der Waals surface area (Å²) in [7, 11) is 0. The number of rotatable bonds is 22. The molecule has 2 aromatic carbocycles. The summed E-state index contributed by atoms with van der Waals surface area (Å²) in [6.45, 7) is 0.587. The quantitative estimate of drug-likeness (QED) is 0.0565. The number of nitrogens with two attached hydrogens (primary N) is 2. The lowest BCUT2D eigenvalue weighted by molar-refractivity contribution is -0.143. The molecule has 0 saturated carbocycles. The molecule has 54 heavy (non-hydrogen) atoms. The van der Waals surface area contributed by atoms with Gasteiger partial charge in [0.1, 0.15) is 47.8 Å². The summed E-state index contributed by atoms with van der Waals surface area (Å²) >= 11 is 0. The highest BCUT2D eigenvalue weighted by Gasteiger charge is 2.33. The Bertz CT molecular complexity index is 1650. The number of hydrogen-bond acceptors (Lipinski definition) is 12. The van der Waals surface area contributed by atoms with E-state index < -0.39 is 116 Å². The van der Waals surface area contributed by atoms with Gasteiger partial charge in [-0.2, -0.15) is 0 Å². The number of hydrogen-bond donors (Lipinski definition) is 12. The second-order valence-electron chi connectivity index (χ2n) is 12.3. The third-order valence-electron chi connectivity index (χ3n) is 7.88. The molecule has 0 radical (unpaired) electrons. The minimum atomic E-state index is -1.65. The predicted molar refractivity (Wildman–Crippen MR) is 187 cm³/mol. The van der Waals surface area contributed by atoms with Crippen LogP contribution < -0.4 is 38.1 Å². The number of phenolic OH excluding ortho intramolecular Hbond substituents is 2. The average molecular weight is 760 g/mol. The van der Waals surface area contributed by atoms with Gasteiger partial charge in [0.15, 0.2) is 0 Å². The zero-order chi connectivity index (χ0) is 40.5. The van der Waals surface area contributed by atoms with Crippen LogP contribution >= 0.6 is 0 Å². The number of amides is 6. The van der Waals surface area contributed by atoms with Crippen LogP contribution in [0.15, 0.2) is 48.5 Å². The molecule has 2 rings (SSSR count). The van der Waals surface area contributed by atoms with Crippen LogP contribution in [0.2, 0.25) is 0 Å². The summed E-state index contributed by atoms with van der Waals surface area (Å²) in [5, 5.41) is 59.3. The summed E-state index contributed by atoms with van der Waals surface area (Å²) in [5.74, 6) is -8.71. The van der Waals surface area contributed by atoms with Gasteiger partial charge >= 0.3 is 11.9 Å². The highest BCUT2D eigenvalue weighted by molar-refractivity contribution is 5.96. The van der Waals surface area contributed by atoms with Gasteiger partial charge in [-0.25, -0.2) is 4.79 Å². The number of carbonyl (C=O) groups is 8. The van der Waals surface area contributed by atoms with Gasteiger partial charge in [0.25, 0.3) is 0 Å². The normalized spacial score (nSPS) is 14.1. The van der Waals surface area contributed by atoms with E-state index >= 15 is 0 Å². The van der Waals surface area contributed by atoms with Crippen molar-refractivity contribution in [3.8, 4) is 11.5 Å². The Hall–Kier alpha value is -6.28. The number of aliphatic hydroxyl groups excluding tert-OH is 1. The van der Waals surface area contributed by atoms with Crippen molar-refractivity contribution in [2.45, 2.75) is 81.7 Å². The van der Waals surface area contributed by atoms with Gasteiger partial charge in [0, 0.05) is 25.7 Å². The van der Waals surface area contributed by atoms with E-state index in [1.807, 2.05) is 0 Å². The van der Waals surface area contributed by atoms with Crippen molar-refractivity contribution in [3.63, 3.8) is 0 Å². The topological polar surface area (TPSA) is 350 Å². The molecule has 0 aliphatic rings. The SMILES string of the molecule is CC(NC(=O)C(N)CO)C(=O)NC(Cc1ccc(O)cc1)C(=O)NC(Cc1ccc(O)cc1)C(=O)NC(CCC(=O)O)C(=O)NC(CCC(N)=O)C(=O)O. The molecule has 0 heterocycles. The number of nitrogens with one attached hydrogen (secondary N) is 5. The van der Waals surface area contributed by atoms with Crippen LogP contribution in [-0.4, -0.2) is 116 Å². The molecule has 0 bridgehead atoms. The van der Waals surface area contributed by atoms with E-state index in [0.29, 0.717) is 11.1 Å². The van der Waals surface area contributed by atoms with E-state index in [9.17, 15) is 58.8 Å². The molecule has 294 valence electrons. The van der Waals surface area contributed by atoms with Gasteiger partial charge in [-0.3, -0.25) is 33.6 Å². The Balaban J connectivity index is 2.44. The first kappa shape index (κ1) is 43.9. The molecule has 2 aromatic rings. The first-order chi connectivity index (χ1) is 25.4. The standard InChI is InChI=1S/C34H45N7O13/c1-17(37-30(49)22(35)16-42)29(48)40-25(14-18-2-6-20(43)7-3-18)33(52)41-26(15-19-4-8-21(44)9-5-19)32(51)38-23(11-13-28(46)47)31(50)39-24(34(53)54)10-12-27(36)45/h2-9,17,22-26,42-44H,10-16,35H2,1H3,(H2,36,45)(H,37,49)(H,38,51)(H,39,50)(H,40,48)(H,41,52)(H,46,47)(H,53,54). The Morgan fingerprint density at radius 3 is 1.43 bits per heavy atom. The summed E-state index contributed by atoms with van der Waals surface area (Å²) in [6.07, 6.45) is -2.45. The highest BCUT2D eigenvalue weighted by Crippen LogP contribution is 2.14. The van der Waals surface area contributed by atoms with Crippen molar-refractivity contribution in [2.75, 3.05) is 6.61 Å². The number of aliphatic hydroxyl groups is 1. The van der Waals surface area contributed by atoms with Gasteiger partial charge < -0.3 is 63.6 Å². The molecule has 6 atom stereocenters. The monoisotopic (exact) mass is 759 g/mol. The first-order valence-electron chi connectivity index (χ1n) is 16.6. The molecule has 0 aromatic heterocycles. The smallest absolute Gasteiger partial charge is 0.326 e. The molecule has 0 saturated heterocycles. The lowest BCUT2D eigenvalue weighted by atomic mass is 10.0. The van der Waals surface area contributed by atoms with Crippen LogP contribution in [0.1, 0.15) is 43.7 Å². The molecule has 0 aliphatic heterocycles. The van der Waals surface area contributed by atoms with Crippen LogP contribution in [0.5, 0.6) is 11.5 Å². The number of carboxylic acids is 2. The van der Waals surface area contributed by atoms with Crippen LogP contribution in [-0.2, 0) is 51.2 Å². The maximum atomic E-state index is 13.9. The molecular weight excluding hydrogens is 714 g/mol.